The van der Waals surface area contributed by atoms with Gasteiger partial charge in [-0.2, -0.15) is 0 Å². The third-order valence-corrected chi connectivity index (χ3v) is 2.86. The van der Waals surface area contributed by atoms with E-state index in [1.165, 1.54) is 4.90 Å². The summed E-state index contributed by atoms with van der Waals surface area (Å²) in [5.74, 6) is 1.13. The van der Waals surface area contributed by atoms with Crippen LogP contribution < -0.4 is 4.90 Å². The fourth-order valence-corrected chi connectivity index (χ4v) is 1.83. The van der Waals surface area contributed by atoms with Crippen molar-refractivity contribution in [1.29, 1.82) is 0 Å². The number of amides is 1. The van der Waals surface area contributed by atoms with Crippen LogP contribution in [0.15, 0.2) is 36.5 Å². The first kappa shape index (κ1) is 14.0. The highest BCUT2D eigenvalue weighted by atomic mass is 16.2. The minimum absolute atomic E-state index is 0.103. The molecule has 0 aliphatic heterocycles. The lowest BCUT2D eigenvalue weighted by Gasteiger charge is -2.18. The molecule has 1 amide bonds. The molecule has 0 fully saturated rings. The van der Waals surface area contributed by atoms with E-state index in [4.69, 9.17) is 0 Å². The predicted octanol–water partition coefficient (Wildman–Crippen LogP) is 1.91. The lowest BCUT2D eigenvalue weighted by molar-refractivity contribution is 0.0827. The van der Waals surface area contributed by atoms with Crippen LogP contribution in [0.5, 0.6) is 0 Å². The van der Waals surface area contributed by atoms with Gasteiger partial charge in [0.05, 0.1) is 0 Å². The Kier molecular flexibility index (Phi) is 3.98. The summed E-state index contributed by atoms with van der Waals surface area (Å²) < 4.78 is 0. The SMILES string of the molecule is CN(C)C(=O)c1cnc(-c2ccccc2)nc1N(C)C. The van der Waals surface area contributed by atoms with Crippen LogP contribution in [0.3, 0.4) is 0 Å². The van der Waals surface area contributed by atoms with Crippen molar-refractivity contribution in [3.05, 3.63) is 42.1 Å². The van der Waals surface area contributed by atoms with E-state index in [0.717, 1.165) is 5.56 Å². The van der Waals surface area contributed by atoms with Crippen LogP contribution in [0.25, 0.3) is 11.4 Å². The van der Waals surface area contributed by atoms with Crippen LogP contribution in [-0.2, 0) is 0 Å². The monoisotopic (exact) mass is 270 g/mol. The average molecular weight is 270 g/mol. The molecule has 0 spiro atoms. The molecule has 0 unspecified atom stereocenters. The van der Waals surface area contributed by atoms with Gasteiger partial charge in [0.1, 0.15) is 11.4 Å². The summed E-state index contributed by atoms with van der Waals surface area (Å²) in [4.78, 5) is 24.3. The second-order valence-corrected chi connectivity index (χ2v) is 4.89. The van der Waals surface area contributed by atoms with E-state index in [1.54, 1.807) is 20.3 Å². The number of rotatable bonds is 3. The zero-order chi connectivity index (χ0) is 14.7. The number of benzene rings is 1. The molecule has 5 nitrogen and oxygen atoms in total. The van der Waals surface area contributed by atoms with Crippen molar-refractivity contribution in [2.45, 2.75) is 0 Å². The molecule has 0 atom stereocenters. The Labute approximate surface area is 118 Å². The standard InChI is InChI=1S/C15H18N4O/c1-18(2)14-12(15(20)19(3)4)10-16-13(17-14)11-8-6-5-7-9-11/h5-10H,1-4H3. The number of anilines is 1. The topological polar surface area (TPSA) is 49.3 Å². The highest BCUT2D eigenvalue weighted by molar-refractivity contribution is 5.98. The summed E-state index contributed by atoms with van der Waals surface area (Å²) in [6.45, 7) is 0. The van der Waals surface area contributed by atoms with E-state index in [9.17, 15) is 4.79 Å². The van der Waals surface area contributed by atoms with Gasteiger partial charge in [0.2, 0.25) is 0 Å². The summed E-state index contributed by atoms with van der Waals surface area (Å²) in [6.07, 6.45) is 1.59. The summed E-state index contributed by atoms with van der Waals surface area (Å²) in [5.41, 5.74) is 1.43. The van der Waals surface area contributed by atoms with E-state index < -0.39 is 0 Å². The van der Waals surface area contributed by atoms with Gasteiger partial charge in [-0.05, 0) is 0 Å². The van der Waals surface area contributed by atoms with Crippen LogP contribution in [-0.4, -0.2) is 49.0 Å². The Balaban J connectivity index is 2.51. The molecule has 0 saturated carbocycles. The molecular weight excluding hydrogens is 252 g/mol. The van der Waals surface area contributed by atoms with Crippen molar-refractivity contribution >= 4 is 11.7 Å². The molecule has 5 heteroatoms. The highest BCUT2D eigenvalue weighted by Gasteiger charge is 2.18. The number of carbonyl (C=O) groups excluding carboxylic acids is 1. The van der Waals surface area contributed by atoms with Crippen molar-refractivity contribution in [1.82, 2.24) is 14.9 Å². The number of hydrogen-bond donors (Lipinski definition) is 0. The number of nitrogens with zero attached hydrogens (tertiary/aromatic N) is 4. The van der Waals surface area contributed by atoms with Crippen molar-refractivity contribution in [3.8, 4) is 11.4 Å². The first-order chi connectivity index (χ1) is 9.50. The Hall–Kier alpha value is -2.43. The summed E-state index contributed by atoms with van der Waals surface area (Å²) >= 11 is 0. The molecule has 0 saturated heterocycles. The van der Waals surface area contributed by atoms with Crippen molar-refractivity contribution in [3.63, 3.8) is 0 Å². The van der Waals surface area contributed by atoms with Crippen LogP contribution >= 0.6 is 0 Å². The van der Waals surface area contributed by atoms with Gasteiger partial charge in [-0.1, -0.05) is 30.3 Å². The molecule has 104 valence electrons. The van der Waals surface area contributed by atoms with Gasteiger partial charge in [0.15, 0.2) is 5.82 Å². The zero-order valence-corrected chi connectivity index (χ0v) is 12.2. The van der Waals surface area contributed by atoms with Gasteiger partial charge in [-0.25, -0.2) is 9.97 Å². The fraction of sp³-hybridized carbons (Fsp3) is 0.267. The summed E-state index contributed by atoms with van der Waals surface area (Å²) in [5, 5.41) is 0. The van der Waals surface area contributed by atoms with Crippen LogP contribution in [0.2, 0.25) is 0 Å². The molecular formula is C15H18N4O. The molecule has 0 aliphatic carbocycles. The molecule has 2 rings (SSSR count). The maximum absolute atomic E-state index is 12.1. The first-order valence-electron chi connectivity index (χ1n) is 6.32. The minimum Gasteiger partial charge on any atom is -0.362 e. The van der Waals surface area contributed by atoms with Crippen LogP contribution in [0, 0.1) is 0 Å². The van der Waals surface area contributed by atoms with Crippen molar-refractivity contribution in [2.75, 3.05) is 33.1 Å². The van der Waals surface area contributed by atoms with Gasteiger partial charge in [0.25, 0.3) is 5.91 Å². The van der Waals surface area contributed by atoms with Crippen molar-refractivity contribution in [2.24, 2.45) is 0 Å². The quantitative estimate of drug-likeness (QED) is 0.855. The third-order valence-electron chi connectivity index (χ3n) is 2.86. The lowest BCUT2D eigenvalue weighted by atomic mass is 10.2. The summed E-state index contributed by atoms with van der Waals surface area (Å²) in [7, 11) is 7.16. The number of carbonyl (C=O) groups is 1. The Morgan fingerprint density at radius 3 is 2.25 bits per heavy atom. The summed E-state index contributed by atoms with van der Waals surface area (Å²) in [6, 6.07) is 9.71. The largest absolute Gasteiger partial charge is 0.362 e. The van der Waals surface area contributed by atoms with E-state index in [1.807, 2.05) is 49.3 Å². The molecule has 1 aromatic heterocycles. The molecule has 2 aromatic rings. The van der Waals surface area contributed by atoms with Gasteiger partial charge in [-0.3, -0.25) is 4.79 Å². The fourth-order valence-electron chi connectivity index (χ4n) is 1.83. The smallest absolute Gasteiger partial charge is 0.258 e. The first-order valence-corrected chi connectivity index (χ1v) is 6.32. The van der Waals surface area contributed by atoms with Gasteiger partial charge >= 0.3 is 0 Å². The van der Waals surface area contributed by atoms with E-state index >= 15 is 0 Å². The second kappa shape index (κ2) is 5.69. The number of aromatic nitrogens is 2. The number of hydrogen-bond acceptors (Lipinski definition) is 4. The maximum atomic E-state index is 12.1. The van der Waals surface area contributed by atoms with Crippen LogP contribution in [0.4, 0.5) is 5.82 Å². The van der Waals surface area contributed by atoms with E-state index in [2.05, 4.69) is 9.97 Å². The Morgan fingerprint density at radius 1 is 1.05 bits per heavy atom. The van der Waals surface area contributed by atoms with Gasteiger partial charge in [0, 0.05) is 40.0 Å². The lowest BCUT2D eigenvalue weighted by Crippen LogP contribution is -2.25. The molecule has 1 heterocycles. The molecule has 0 bridgehead atoms. The highest BCUT2D eigenvalue weighted by Crippen LogP contribution is 2.21. The predicted molar refractivity (Wildman–Crippen MR) is 79.8 cm³/mol. The van der Waals surface area contributed by atoms with Gasteiger partial charge < -0.3 is 9.80 Å². The molecule has 1 aromatic carbocycles. The third kappa shape index (κ3) is 2.77. The Morgan fingerprint density at radius 2 is 1.70 bits per heavy atom. The molecule has 0 radical (unpaired) electrons. The zero-order valence-electron chi connectivity index (χ0n) is 12.2. The maximum Gasteiger partial charge on any atom is 0.258 e. The Bertz CT molecular complexity index is 609. The second-order valence-electron chi connectivity index (χ2n) is 4.89. The molecule has 0 N–H and O–H groups in total. The van der Waals surface area contributed by atoms with Crippen LogP contribution in [0.1, 0.15) is 10.4 Å². The molecule has 0 aliphatic rings. The molecule has 20 heavy (non-hydrogen) atoms. The van der Waals surface area contributed by atoms with Gasteiger partial charge in [-0.15, -0.1) is 0 Å². The normalized spacial score (nSPS) is 10.2. The van der Waals surface area contributed by atoms with E-state index in [-0.39, 0.29) is 5.91 Å². The average Bonchev–Trinajstić information content (AvgIpc) is 2.46. The van der Waals surface area contributed by atoms with Crippen molar-refractivity contribution < 1.29 is 4.79 Å². The van der Waals surface area contributed by atoms with E-state index in [0.29, 0.717) is 17.2 Å². The minimum atomic E-state index is -0.103.